The fraction of sp³-hybridized carbons (Fsp3) is 0.556. The van der Waals surface area contributed by atoms with Crippen LogP contribution in [0.4, 0.5) is 0 Å². The van der Waals surface area contributed by atoms with Crippen LogP contribution in [0, 0.1) is 0 Å². The maximum Gasteiger partial charge on any atom is 0.241 e. The van der Waals surface area contributed by atoms with Gasteiger partial charge in [-0.25, -0.2) is 0 Å². The van der Waals surface area contributed by atoms with E-state index in [1.807, 2.05) is 16.7 Å². The minimum atomic E-state index is -0.173. The molecule has 2 aliphatic rings. The summed E-state index contributed by atoms with van der Waals surface area (Å²) in [7, 11) is 0. The number of thioether (sulfide) groups is 1. The first-order chi connectivity index (χ1) is 13.2. The molecule has 27 heavy (non-hydrogen) atoms. The molecular weight excluding hydrogens is 366 g/mol. The minimum Gasteiger partial charge on any atom is -0.467 e. The van der Waals surface area contributed by atoms with Crippen LogP contribution in [-0.4, -0.2) is 56.9 Å². The van der Waals surface area contributed by atoms with E-state index >= 15 is 0 Å². The van der Waals surface area contributed by atoms with Gasteiger partial charge in [-0.2, -0.15) is 0 Å². The van der Waals surface area contributed by atoms with Crippen molar-refractivity contribution in [3.8, 4) is 0 Å². The molecule has 0 radical (unpaired) electrons. The van der Waals surface area contributed by atoms with Crippen LogP contribution < -0.4 is 5.32 Å². The van der Waals surface area contributed by atoms with Crippen LogP contribution in [0.15, 0.2) is 28.0 Å². The molecular formula is C18H23N5O3S. The van der Waals surface area contributed by atoms with Gasteiger partial charge in [0.05, 0.1) is 25.1 Å². The summed E-state index contributed by atoms with van der Waals surface area (Å²) in [5, 5.41) is 12.0. The molecule has 2 fully saturated rings. The van der Waals surface area contributed by atoms with Gasteiger partial charge < -0.3 is 14.6 Å². The first kappa shape index (κ1) is 18.1. The van der Waals surface area contributed by atoms with Gasteiger partial charge in [0.1, 0.15) is 11.6 Å². The lowest BCUT2D eigenvalue weighted by atomic mass is 10.3. The molecule has 9 heteroatoms. The summed E-state index contributed by atoms with van der Waals surface area (Å²) >= 11 is 1.34. The highest BCUT2D eigenvalue weighted by Gasteiger charge is 2.31. The molecule has 0 atom stereocenters. The molecule has 1 N–H and O–H groups in total. The highest BCUT2D eigenvalue weighted by Crippen LogP contribution is 2.40. The third-order valence-corrected chi connectivity index (χ3v) is 5.78. The van der Waals surface area contributed by atoms with E-state index in [4.69, 9.17) is 4.42 Å². The second kappa shape index (κ2) is 8.16. The number of hydrogen-bond donors (Lipinski definition) is 1. The topological polar surface area (TPSA) is 93.3 Å². The van der Waals surface area contributed by atoms with Gasteiger partial charge in [-0.05, 0) is 37.8 Å². The number of nitrogens with one attached hydrogen (secondary N) is 1. The van der Waals surface area contributed by atoms with Crippen LogP contribution in [0.2, 0.25) is 0 Å². The van der Waals surface area contributed by atoms with Gasteiger partial charge in [-0.15, -0.1) is 10.2 Å². The second-order valence-electron chi connectivity index (χ2n) is 6.93. The summed E-state index contributed by atoms with van der Waals surface area (Å²) < 4.78 is 7.48. The number of nitrogens with zero attached hydrogens (tertiary/aromatic N) is 4. The largest absolute Gasteiger partial charge is 0.467 e. The van der Waals surface area contributed by atoms with Crippen LogP contribution in [0.5, 0.6) is 0 Å². The van der Waals surface area contributed by atoms with Crippen LogP contribution in [0.3, 0.4) is 0 Å². The van der Waals surface area contributed by atoms with E-state index in [-0.39, 0.29) is 24.1 Å². The van der Waals surface area contributed by atoms with E-state index in [2.05, 4.69) is 15.5 Å². The van der Waals surface area contributed by atoms with E-state index in [1.165, 1.54) is 11.8 Å². The Labute approximate surface area is 161 Å². The van der Waals surface area contributed by atoms with Gasteiger partial charge in [0, 0.05) is 19.0 Å². The van der Waals surface area contributed by atoms with E-state index in [0.29, 0.717) is 17.6 Å². The predicted octanol–water partition coefficient (Wildman–Crippen LogP) is 1.63. The lowest BCUT2D eigenvalue weighted by Crippen LogP contribution is -2.39. The summed E-state index contributed by atoms with van der Waals surface area (Å²) in [4.78, 5) is 25.9. The lowest BCUT2D eigenvalue weighted by molar-refractivity contribution is -0.131. The molecule has 3 heterocycles. The summed E-state index contributed by atoms with van der Waals surface area (Å²) in [6, 6.07) is 3.77. The number of rotatable bonds is 8. The Morgan fingerprint density at radius 3 is 2.78 bits per heavy atom. The van der Waals surface area contributed by atoms with Crippen molar-refractivity contribution < 1.29 is 14.0 Å². The quantitative estimate of drug-likeness (QED) is 0.690. The molecule has 1 aliphatic heterocycles. The summed E-state index contributed by atoms with van der Waals surface area (Å²) in [5.74, 6) is 2.26. The van der Waals surface area contributed by atoms with Gasteiger partial charge in [0.25, 0.3) is 0 Å². The smallest absolute Gasteiger partial charge is 0.241 e. The highest BCUT2D eigenvalue weighted by atomic mass is 32.2. The van der Waals surface area contributed by atoms with Gasteiger partial charge in [-0.3, -0.25) is 14.2 Å². The number of amides is 2. The maximum atomic E-state index is 12.1. The molecule has 4 rings (SSSR count). The standard InChI is InChI=1S/C18H23N5O3S/c24-15(19-10-16(25)22-7-1-2-8-22)12-27-18-21-20-17(13-5-6-13)23(18)11-14-4-3-9-26-14/h3-4,9,13H,1-2,5-8,10-12H2,(H,19,24). The summed E-state index contributed by atoms with van der Waals surface area (Å²) in [5.41, 5.74) is 0. The molecule has 0 unspecified atom stereocenters. The molecule has 1 saturated carbocycles. The fourth-order valence-corrected chi connectivity index (χ4v) is 3.97. The molecule has 2 aromatic heterocycles. The molecule has 144 valence electrons. The zero-order valence-electron chi connectivity index (χ0n) is 15.1. The first-order valence-electron chi connectivity index (χ1n) is 9.33. The van der Waals surface area contributed by atoms with Gasteiger partial charge >= 0.3 is 0 Å². The Bertz CT molecular complexity index is 794. The van der Waals surface area contributed by atoms with Gasteiger partial charge in [0.2, 0.25) is 11.8 Å². The molecule has 0 bridgehead atoms. The Morgan fingerprint density at radius 2 is 2.07 bits per heavy atom. The van der Waals surface area contributed by atoms with Crippen molar-refractivity contribution >= 4 is 23.6 Å². The van der Waals surface area contributed by atoms with Crippen LogP contribution >= 0.6 is 11.8 Å². The molecule has 1 saturated heterocycles. The number of carbonyl (C=O) groups is 2. The number of aromatic nitrogens is 3. The molecule has 2 aromatic rings. The van der Waals surface area contributed by atoms with E-state index < -0.39 is 0 Å². The highest BCUT2D eigenvalue weighted by molar-refractivity contribution is 7.99. The Hall–Kier alpha value is -2.29. The minimum absolute atomic E-state index is 0.0112. The molecule has 8 nitrogen and oxygen atoms in total. The van der Waals surface area contributed by atoms with Crippen molar-refractivity contribution in [3.05, 3.63) is 30.0 Å². The van der Waals surface area contributed by atoms with Crippen molar-refractivity contribution in [1.82, 2.24) is 25.0 Å². The molecule has 2 amide bonds. The molecule has 0 spiro atoms. The number of hydrogen-bond acceptors (Lipinski definition) is 6. The van der Waals surface area contributed by atoms with E-state index in [1.54, 1.807) is 11.2 Å². The maximum absolute atomic E-state index is 12.1. The third kappa shape index (κ3) is 4.52. The Balaban J connectivity index is 1.32. The Morgan fingerprint density at radius 1 is 1.26 bits per heavy atom. The Kier molecular flexibility index (Phi) is 5.47. The van der Waals surface area contributed by atoms with Gasteiger partial charge in [-0.1, -0.05) is 11.8 Å². The van der Waals surface area contributed by atoms with Crippen LogP contribution in [0.1, 0.15) is 43.2 Å². The van der Waals surface area contributed by atoms with Crippen molar-refractivity contribution in [3.63, 3.8) is 0 Å². The molecule has 1 aliphatic carbocycles. The predicted molar refractivity (Wildman–Crippen MR) is 99.4 cm³/mol. The van der Waals surface area contributed by atoms with E-state index in [0.717, 1.165) is 50.4 Å². The lowest BCUT2D eigenvalue weighted by Gasteiger charge is -2.15. The second-order valence-corrected chi connectivity index (χ2v) is 7.88. The van der Waals surface area contributed by atoms with E-state index in [9.17, 15) is 9.59 Å². The van der Waals surface area contributed by atoms with Crippen molar-refractivity contribution in [2.75, 3.05) is 25.4 Å². The first-order valence-corrected chi connectivity index (χ1v) is 10.3. The monoisotopic (exact) mass is 389 g/mol. The zero-order valence-corrected chi connectivity index (χ0v) is 15.9. The summed E-state index contributed by atoms with van der Waals surface area (Å²) in [6.45, 7) is 2.21. The van der Waals surface area contributed by atoms with Crippen molar-refractivity contribution in [1.29, 1.82) is 0 Å². The average molecular weight is 389 g/mol. The van der Waals surface area contributed by atoms with Crippen molar-refractivity contribution in [2.24, 2.45) is 0 Å². The zero-order chi connectivity index (χ0) is 18.6. The average Bonchev–Trinajstić information content (AvgIpc) is 3.10. The summed E-state index contributed by atoms with van der Waals surface area (Å²) in [6.07, 6.45) is 5.99. The normalized spacial score (nSPS) is 16.7. The molecule has 0 aromatic carbocycles. The number of likely N-dealkylation sites (tertiary alicyclic amines) is 1. The van der Waals surface area contributed by atoms with Crippen molar-refractivity contribution in [2.45, 2.75) is 43.3 Å². The number of furan rings is 1. The SMILES string of the molecule is O=C(CSc1nnc(C2CC2)n1Cc1ccco1)NCC(=O)N1CCCC1. The number of carbonyl (C=O) groups excluding carboxylic acids is 2. The fourth-order valence-electron chi connectivity index (χ4n) is 3.19. The van der Waals surface area contributed by atoms with Crippen LogP contribution in [0.25, 0.3) is 0 Å². The van der Waals surface area contributed by atoms with Crippen LogP contribution in [-0.2, 0) is 16.1 Å². The third-order valence-electron chi connectivity index (χ3n) is 4.81. The van der Waals surface area contributed by atoms with Gasteiger partial charge in [0.15, 0.2) is 5.16 Å².